The highest BCUT2D eigenvalue weighted by Gasteiger charge is 2.23. The van der Waals surface area contributed by atoms with Gasteiger partial charge in [-0.1, -0.05) is 39.7 Å². The number of methoxy groups -OCH3 is 1. The smallest absolute Gasteiger partial charge is 0.275 e. The van der Waals surface area contributed by atoms with Crippen molar-refractivity contribution in [3.05, 3.63) is 67.2 Å². The van der Waals surface area contributed by atoms with Crippen molar-refractivity contribution in [2.24, 2.45) is 4.99 Å². The van der Waals surface area contributed by atoms with Crippen molar-refractivity contribution < 1.29 is 9.53 Å². The van der Waals surface area contributed by atoms with Crippen LogP contribution in [-0.4, -0.2) is 18.9 Å². The van der Waals surface area contributed by atoms with Crippen molar-refractivity contribution in [3.8, 4) is 5.75 Å². The van der Waals surface area contributed by atoms with Crippen molar-refractivity contribution in [1.82, 2.24) is 5.32 Å². The molecule has 3 rings (SSSR count). The highest BCUT2D eigenvalue weighted by molar-refractivity contribution is 9.11. The maximum Gasteiger partial charge on any atom is 0.275 e. The normalized spacial score (nSPS) is 15.4. The molecule has 0 unspecified atom stereocenters. The van der Waals surface area contributed by atoms with Crippen LogP contribution in [0, 0.1) is 0 Å². The van der Waals surface area contributed by atoms with E-state index in [1.54, 1.807) is 25.3 Å². The molecule has 4 nitrogen and oxygen atoms in total. The van der Waals surface area contributed by atoms with Crippen LogP contribution in [0.25, 0.3) is 6.08 Å². The minimum atomic E-state index is -0.289. The lowest BCUT2D eigenvalue weighted by molar-refractivity contribution is -0.115. The Morgan fingerprint density at radius 1 is 1.25 bits per heavy atom. The van der Waals surface area contributed by atoms with Crippen LogP contribution in [0.15, 0.2) is 56.0 Å². The van der Waals surface area contributed by atoms with E-state index in [2.05, 4.69) is 42.2 Å². The fraction of sp³-hybridized carbons (Fsp3) is 0.0588. The van der Waals surface area contributed by atoms with Crippen LogP contribution in [0.5, 0.6) is 5.75 Å². The molecule has 0 radical (unpaired) electrons. The summed E-state index contributed by atoms with van der Waals surface area (Å²) < 4.78 is 7.03. The lowest BCUT2D eigenvalue weighted by Crippen LogP contribution is -2.24. The van der Waals surface area contributed by atoms with Gasteiger partial charge >= 0.3 is 0 Å². The van der Waals surface area contributed by atoms with Crippen LogP contribution in [0.3, 0.4) is 0 Å². The number of aliphatic imine (C=N–C) groups is 1. The second kappa shape index (κ2) is 7.09. The summed E-state index contributed by atoms with van der Waals surface area (Å²) in [4.78, 5) is 16.6. The first-order chi connectivity index (χ1) is 11.5. The van der Waals surface area contributed by atoms with Crippen LogP contribution in [-0.2, 0) is 4.79 Å². The fourth-order valence-corrected chi connectivity index (χ4v) is 3.94. The molecule has 122 valence electrons. The topological polar surface area (TPSA) is 50.7 Å². The van der Waals surface area contributed by atoms with Crippen LogP contribution in [0.1, 0.15) is 11.1 Å². The largest absolute Gasteiger partial charge is 0.495 e. The van der Waals surface area contributed by atoms with Gasteiger partial charge in [-0.2, -0.15) is 0 Å². The molecular weight excluding hydrogens is 459 g/mol. The third-order valence-electron chi connectivity index (χ3n) is 3.36. The summed E-state index contributed by atoms with van der Waals surface area (Å²) in [7, 11) is 1.57. The third-order valence-corrected chi connectivity index (χ3v) is 4.74. The van der Waals surface area contributed by atoms with Gasteiger partial charge in [0.1, 0.15) is 17.3 Å². The number of nitrogens with one attached hydrogen (secondary N) is 1. The van der Waals surface area contributed by atoms with Crippen molar-refractivity contribution in [1.29, 1.82) is 0 Å². The molecule has 0 aliphatic carbocycles. The molecule has 0 saturated carbocycles. The zero-order chi connectivity index (χ0) is 17.3. The molecule has 1 amide bonds. The maximum absolute atomic E-state index is 12.2. The summed E-state index contributed by atoms with van der Waals surface area (Å²) in [5, 5.41) is 3.27. The first-order valence-electron chi connectivity index (χ1n) is 6.89. The van der Waals surface area contributed by atoms with E-state index >= 15 is 0 Å². The molecule has 0 bridgehead atoms. The van der Waals surface area contributed by atoms with E-state index in [0.717, 1.165) is 14.5 Å². The number of rotatable bonds is 3. The average Bonchev–Trinajstić information content (AvgIpc) is 2.88. The molecule has 7 heteroatoms. The molecule has 2 aromatic rings. The van der Waals surface area contributed by atoms with E-state index in [1.165, 1.54) is 0 Å². The Morgan fingerprint density at radius 2 is 2.00 bits per heavy atom. The molecule has 0 atom stereocenters. The summed E-state index contributed by atoms with van der Waals surface area (Å²) in [6, 6.07) is 10.9. The molecular formula is C17H11Br2ClN2O2. The molecule has 1 aliphatic heterocycles. The predicted octanol–water partition coefficient (Wildman–Crippen LogP) is 4.79. The summed E-state index contributed by atoms with van der Waals surface area (Å²) in [5.41, 5.74) is 1.69. The molecule has 0 spiro atoms. The molecule has 1 aliphatic rings. The number of amidine groups is 1. The summed E-state index contributed by atoms with van der Waals surface area (Å²) in [5.74, 6) is 0.771. The van der Waals surface area contributed by atoms with Gasteiger partial charge in [0, 0.05) is 15.6 Å². The number of benzene rings is 2. The first kappa shape index (κ1) is 17.2. The first-order valence-corrected chi connectivity index (χ1v) is 8.85. The van der Waals surface area contributed by atoms with E-state index < -0.39 is 0 Å². The predicted molar refractivity (Wildman–Crippen MR) is 103 cm³/mol. The molecule has 2 aromatic carbocycles. The van der Waals surface area contributed by atoms with Gasteiger partial charge in [0.05, 0.1) is 16.6 Å². The number of ether oxygens (including phenoxy) is 1. The molecule has 1 heterocycles. The van der Waals surface area contributed by atoms with Crippen LogP contribution < -0.4 is 10.1 Å². The van der Waals surface area contributed by atoms with Gasteiger partial charge in [-0.3, -0.25) is 4.79 Å². The lowest BCUT2D eigenvalue weighted by Gasteiger charge is -2.08. The van der Waals surface area contributed by atoms with E-state index in [-0.39, 0.29) is 11.6 Å². The van der Waals surface area contributed by atoms with Crippen LogP contribution in [0.2, 0.25) is 5.02 Å². The number of amides is 1. The number of hydrogen-bond acceptors (Lipinski definition) is 3. The zero-order valence-electron chi connectivity index (χ0n) is 12.4. The number of carbonyl (C=O) groups is 1. The van der Waals surface area contributed by atoms with Gasteiger partial charge < -0.3 is 10.1 Å². The van der Waals surface area contributed by atoms with Crippen LogP contribution in [0.4, 0.5) is 0 Å². The quantitative estimate of drug-likeness (QED) is 0.656. The Morgan fingerprint density at radius 3 is 2.71 bits per heavy atom. The number of carbonyl (C=O) groups excluding carboxylic acids is 1. The Kier molecular flexibility index (Phi) is 5.08. The Bertz CT molecular complexity index is 894. The summed E-state index contributed by atoms with van der Waals surface area (Å²) in [6.07, 6.45) is 1.67. The standard InChI is InChI=1S/C17H11Br2ClN2O2/c1-24-15-9(6-10(18)8-12(15)19)7-14-17(23)22-16(21-14)11-4-2-3-5-13(11)20/h2-8H,1H3,(H,21,22,23). The molecule has 1 N–H and O–H groups in total. The van der Waals surface area contributed by atoms with E-state index in [1.807, 2.05) is 24.3 Å². The second-order valence-electron chi connectivity index (χ2n) is 4.93. The Balaban J connectivity index is 2.06. The van der Waals surface area contributed by atoms with Crippen molar-refractivity contribution in [3.63, 3.8) is 0 Å². The van der Waals surface area contributed by atoms with Crippen molar-refractivity contribution >= 4 is 61.3 Å². The van der Waals surface area contributed by atoms with Crippen LogP contribution >= 0.6 is 43.5 Å². The van der Waals surface area contributed by atoms with Gasteiger partial charge in [-0.05, 0) is 46.3 Å². The third kappa shape index (κ3) is 3.41. The van der Waals surface area contributed by atoms with Crippen molar-refractivity contribution in [2.75, 3.05) is 7.11 Å². The molecule has 0 aromatic heterocycles. The van der Waals surface area contributed by atoms with Gasteiger partial charge in [-0.15, -0.1) is 0 Å². The highest BCUT2D eigenvalue weighted by atomic mass is 79.9. The van der Waals surface area contributed by atoms with E-state index in [9.17, 15) is 4.79 Å². The molecule has 24 heavy (non-hydrogen) atoms. The van der Waals surface area contributed by atoms with E-state index in [4.69, 9.17) is 16.3 Å². The van der Waals surface area contributed by atoms with Gasteiger partial charge in [0.25, 0.3) is 5.91 Å². The lowest BCUT2D eigenvalue weighted by atomic mass is 10.1. The zero-order valence-corrected chi connectivity index (χ0v) is 16.4. The SMILES string of the molecule is COc1c(Br)cc(Br)cc1C=C1N=C(c2ccccc2Cl)NC1=O. The highest BCUT2D eigenvalue weighted by Crippen LogP contribution is 2.34. The number of hydrogen-bond donors (Lipinski definition) is 1. The van der Waals surface area contributed by atoms with Crippen molar-refractivity contribution in [2.45, 2.75) is 0 Å². The summed E-state index contributed by atoms with van der Waals surface area (Å²) in [6.45, 7) is 0. The maximum atomic E-state index is 12.2. The minimum Gasteiger partial charge on any atom is -0.495 e. The fourth-order valence-electron chi connectivity index (χ4n) is 2.30. The monoisotopic (exact) mass is 468 g/mol. The van der Waals surface area contributed by atoms with Gasteiger partial charge in [0.2, 0.25) is 0 Å². The van der Waals surface area contributed by atoms with Gasteiger partial charge in [-0.25, -0.2) is 4.99 Å². The van der Waals surface area contributed by atoms with Gasteiger partial charge in [0.15, 0.2) is 0 Å². The Hall–Kier alpha value is -1.63. The molecule has 0 fully saturated rings. The second-order valence-corrected chi connectivity index (χ2v) is 7.11. The number of nitrogens with zero attached hydrogens (tertiary/aromatic N) is 1. The summed E-state index contributed by atoms with van der Waals surface area (Å²) >= 11 is 13.0. The Labute approximate surface area is 160 Å². The molecule has 0 saturated heterocycles. The van der Waals surface area contributed by atoms with E-state index in [0.29, 0.717) is 22.2 Å². The average molecular weight is 471 g/mol. The number of halogens is 3. The minimum absolute atomic E-state index is 0.285.